The molecule has 0 bridgehead atoms. The molecule has 1 atom stereocenters. The molecule has 1 heterocycles. The zero-order valence-corrected chi connectivity index (χ0v) is 16.4. The fourth-order valence-corrected chi connectivity index (χ4v) is 2.78. The van der Waals surface area contributed by atoms with Crippen LogP contribution in [0.4, 0.5) is 5.69 Å². The SMILES string of the molecule is C[C@H](OC(=O)c1cnc(Cl)c(Cl)c1)C(=O)Nc1ccccc1-c1ccccc1. The maximum absolute atomic E-state index is 12.5. The number of esters is 1. The minimum Gasteiger partial charge on any atom is -0.449 e. The van der Waals surface area contributed by atoms with Crippen molar-refractivity contribution in [2.24, 2.45) is 0 Å². The zero-order chi connectivity index (χ0) is 20.1. The van der Waals surface area contributed by atoms with E-state index in [2.05, 4.69) is 10.3 Å². The first-order valence-corrected chi connectivity index (χ1v) is 9.18. The molecule has 1 amide bonds. The van der Waals surface area contributed by atoms with E-state index in [9.17, 15) is 9.59 Å². The number of nitrogens with zero attached hydrogens (tertiary/aromatic N) is 1. The number of rotatable bonds is 5. The van der Waals surface area contributed by atoms with Crippen LogP contribution in [0.5, 0.6) is 0 Å². The van der Waals surface area contributed by atoms with Crippen LogP contribution in [0.1, 0.15) is 17.3 Å². The number of hydrogen-bond donors (Lipinski definition) is 1. The predicted molar refractivity (Wildman–Crippen MR) is 110 cm³/mol. The fraction of sp³-hybridized carbons (Fsp3) is 0.0952. The smallest absolute Gasteiger partial charge is 0.340 e. The summed E-state index contributed by atoms with van der Waals surface area (Å²) >= 11 is 11.6. The van der Waals surface area contributed by atoms with Gasteiger partial charge in [0.2, 0.25) is 0 Å². The van der Waals surface area contributed by atoms with E-state index >= 15 is 0 Å². The molecular weight excluding hydrogens is 399 g/mol. The van der Waals surface area contributed by atoms with E-state index in [-0.39, 0.29) is 15.7 Å². The van der Waals surface area contributed by atoms with Crippen LogP contribution < -0.4 is 5.32 Å². The monoisotopic (exact) mass is 414 g/mol. The second kappa shape index (κ2) is 8.87. The number of ether oxygens (including phenoxy) is 1. The van der Waals surface area contributed by atoms with Crippen LogP contribution in [-0.4, -0.2) is 23.0 Å². The van der Waals surface area contributed by atoms with Gasteiger partial charge in [-0.2, -0.15) is 0 Å². The second-order valence-electron chi connectivity index (χ2n) is 5.95. The molecule has 5 nitrogen and oxygen atoms in total. The molecule has 28 heavy (non-hydrogen) atoms. The van der Waals surface area contributed by atoms with Crippen molar-refractivity contribution < 1.29 is 14.3 Å². The lowest BCUT2D eigenvalue weighted by atomic mass is 10.0. The first-order chi connectivity index (χ1) is 13.5. The number of nitrogens with one attached hydrogen (secondary N) is 1. The first-order valence-electron chi connectivity index (χ1n) is 8.43. The van der Waals surface area contributed by atoms with Crippen LogP contribution >= 0.6 is 23.2 Å². The summed E-state index contributed by atoms with van der Waals surface area (Å²) in [5.41, 5.74) is 2.56. The van der Waals surface area contributed by atoms with Gasteiger partial charge in [-0.3, -0.25) is 4.79 Å². The molecule has 0 saturated heterocycles. The van der Waals surface area contributed by atoms with Crippen LogP contribution in [0.3, 0.4) is 0 Å². The normalized spacial score (nSPS) is 11.5. The van der Waals surface area contributed by atoms with Gasteiger partial charge in [0, 0.05) is 17.4 Å². The first kappa shape index (κ1) is 19.9. The topological polar surface area (TPSA) is 68.3 Å². The zero-order valence-electron chi connectivity index (χ0n) is 14.9. The number of pyridine rings is 1. The number of anilines is 1. The van der Waals surface area contributed by atoms with Crippen molar-refractivity contribution in [3.63, 3.8) is 0 Å². The molecule has 0 aliphatic rings. The largest absolute Gasteiger partial charge is 0.449 e. The Morgan fingerprint density at radius 3 is 2.43 bits per heavy atom. The van der Waals surface area contributed by atoms with E-state index < -0.39 is 18.0 Å². The third-order valence-electron chi connectivity index (χ3n) is 3.95. The van der Waals surface area contributed by atoms with Crippen molar-refractivity contribution >= 4 is 40.8 Å². The van der Waals surface area contributed by atoms with Gasteiger partial charge in [0.05, 0.1) is 10.6 Å². The number of halogens is 2. The van der Waals surface area contributed by atoms with E-state index in [4.69, 9.17) is 27.9 Å². The summed E-state index contributed by atoms with van der Waals surface area (Å²) in [5.74, 6) is -1.17. The number of aromatic nitrogens is 1. The highest BCUT2D eigenvalue weighted by molar-refractivity contribution is 6.41. The summed E-state index contributed by atoms with van der Waals surface area (Å²) in [6.45, 7) is 1.49. The van der Waals surface area contributed by atoms with Crippen molar-refractivity contribution in [2.45, 2.75) is 13.0 Å². The molecule has 0 aliphatic heterocycles. The minimum atomic E-state index is -1.02. The second-order valence-corrected chi connectivity index (χ2v) is 6.71. The van der Waals surface area contributed by atoms with E-state index in [0.29, 0.717) is 5.69 Å². The van der Waals surface area contributed by atoms with Gasteiger partial charge in [-0.25, -0.2) is 9.78 Å². The molecule has 0 fully saturated rings. The Labute approximate surface area is 172 Å². The summed E-state index contributed by atoms with van der Waals surface area (Å²) in [4.78, 5) is 28.5. The van der Waals surface area contributed by atoms with Gasteiger partial charge >= 0.3 is 5.97 Å². The van der Waals surface area contributed by atoms with Crippen molar-refractivity contribution in [2.75, 3.05) is 5.32 Å². The molecule has 7 heteroatoms. The number of carbonyl (C=O) groups is 2. The maximum atomic E-state index is 12.5. The molecule has 0 spiro atoms. The predicted octanol–water partition coefficient (Wildman–Crippen LogP) is 5.24. The van der Waals surface area contributed by atoms with Crippen LogP contribution in [0.15, 0.2) is 66.9 Å². The Bertz CT molecular complexity index is 1010. The lowest BCUT2D eigenvalue weighted by molar-refractivity contribution is -0.123. The van der Waals surface area contributed by atoms with Crippen molar-refractivity contribution in [3.8, 4) is 11.1 Å². The highest BCUT2D eigenvalue weighted by Gasteiger charge is 2.21. The van der Waals surface area contributed by atoms with Crippen LogP contribution in [0, 0.1) is 0 Å². The lowest BCUT2D eigenvalue weighted by Crippen LogP contribution is -2.30. The third kappa shape index (κ3) is 4.68. The molecule has 0 saturated carbocycles. The molecule has 1 N–H and O–H groups in total. The number of hydrogen-bond acceptors (Lipinski definition) is 4. The number of para-hydroxylation sites is 1. The van der Waals surface area contributed by atoms with E-state index in [1.165, 1.54) is 19.2 Å². The quantitative estimate of drug-likeness (QED) is 0.457. The average molecular weight is 415 g/mol. The molecule has 142 valence electrons. The van der Waals surface area contributed by atoms with Gasteiger partial charge in [0.25, 0.3) is 5.91 Å². The van der Waals surface area contributed by atoms with E-state index in [1.54, 1.807) is 6.07 Å². The van der Waals surface area contributed by atoms with Gasteiger partial charge in [0.15, 0.2) is 6.10 Å². The summed E-state index contributed by atoms with van der Waals surface area (Å²) in [5, 5.41) is 3.02. The number of benzene rings is 2. The Hall–Kier alpha value is -2.89. The molecule has 2 aromatic carbocycles. The molecule has 1 aromatic heterocycles. The third-order valence-corrected chi connectivity index (χ3v) is 4.64. The number of carbonyl (C=O) groups excluding carboxylic acids is 2. The molecule has 0 radical (unpaired) electrons. The van der Waals surface area contributed by atoms with Crippen molar-refractivity contribution in [3.05, 3.63) is 82.6 Å². The highest BCUT2D eigenvalue weighted by atomic mass is 35.5. The Morgan fingerprint density at radius 2 is 1.71 bits per heavy atom. The van der Waals surface area contributed by atoms with E-state index in [1.807, 2.05) is 48.5 Å². The molecule has 0 aliphatic carbocycles. The highest BCUT2D eigenvalue weighted by Crippen LogP contribution is 2.27. The standard InChI is InChI=1S/C21H16Cl2N2O3/c1-13(28-21(27)15-11-17(22)19(23)24-12-15)20(26)25-18-10-6-5-9-16(18)14-7-3-2-4-8-14/h2-13H,1H3,(H,25,26)/t13-/m0/s1. The molecule has 0 unspecified atom stereocenters. The van der Waals surface area contributed by atoms with Crippen molar-refractivity contribution in [1.29, 1.82) is 0 Å². The summed E-state index contributed by atoms with van der Waals surface area (Å²) in [7, 11) is 0. The van der Waals surface area contributed by atoms with E-state index in [0.717, 1.165) is 11.1 Å². The minimum absolute atomic E-state index is 0.0847. The number of amides is 1. The van der Waals surface area contributed by atoms with Gasteiger partial charge in [-0.1, -0.05) is 71.7 Å². The lowest BCUT2D eigenvalue weighted by Gasteiger charge is -2.16. The Balaban J connectivity index is 1.71. The van der Waals surface area contributed by atoms with Gasteiger partial charge in [0.1, 0.15) is 5.15 Å². The molecule has 3 aromatic rings. The summed E-state index contributed by atoms with van der Waals surface area (Å²) < 4.78 is 5.22. The van der Waals surface area contributed by atoms with Crippen molar-refractivity contribution in [1.82, 2.24) is 4.98 Å². The van der Waals surface area contributed by atoms with Crippen LogP contribution in [0.25, 0.3) is 11.1 Å². The van der Waals surface area contributed by atoms with Crippen LogP contribution in [0.2, 0.25) is 10.2 Å². The molecular formula is C21H16Cl2N2O3. The maximum Gasteiger partial charge on any atom is 0.340 e. The average Bonchev–Trinajstić information content (AvgIpc) is 2.71. The summed E-state index contributed by atoms with van der Waals surface area (Å²) in [6, 6.07) is 18.4. The van der Waals surface area contributed by atoms with Gasteiger partial charge in [-0.15, -0.1) is 0 Å². The van der Waals surface area contributed by atoms with Gasteiger partial charge < -0.3 is 10.1 Å². The van der Waals surface area contributed by atoms with Gasteiger partial charge in [-0.05, 0) is 24.6 Å². The summed E-state index contributed by atoms with van der Waals surface area (Å²) in [6.07, 6.45) is 0.220. The Morgan fingerprint density at radius 1 is 1.04 bits per heavy atom. The molecule has 3 rings (SSSR count). The Kier molecular flexibility index (Phi) is 6.29. The fourth-order valence-electron chi connectivity index (χ4n) is 2.51. The van der Waals surface area contributed by atoms with Crippen LogP contribution in [-0.2, 0) is 9.53 Å².